The second kappa shape index (κ2) is 6.86. The molecule has 1 fully saturated rings. The number of benzene rings is 1. The lowest BCUT2D eigenvalue weighted by Gasteiger charge is -2.13. The van der Waals surface area contributed by atoms with Crippen LogP contribution in [-0.2, 0) is 14.3 Å². The minimum absolute atomic E-state index is 0.0759. The highest BCUT2D eigenvalue weighted by atomic mass is 16.6. The molecule has 0 saturated carbocycles. The lowest BCUT2D eigenvalue weighted by atomic mass is 10.1. The quantitative estimate of drug-likeness (QED) is 0.810. The maximum absolute atomic E-state index is 12.1. The van der Waals surface area contributed by atoms with E-state index in [9.17, 15) is 14.4 Å². The second-order valence-corrected chi connectivity index (χ2v) is 5.71. The minimum atomic E-state index is -0.862. The summed E-state index contributed by atoms with van der Waals surface area (Å²) in [6.45, 7) is 1.63. The largest absolute Gasteiger partial charge is 0.459 e. The number of primary amides is 1. The highest BCUT2D eigenvalue weighted by Gasteiger charge is 2.36. The molecule has 0 aliphatic carbocycles. The Bertz CT molecular complexity index is 829. The molecular formula is C17H17N3O5. The predicted molar refractivity (Wildman–Crippen MR) is 85.7 cm³/mol. The number of aromatic nitrogens is 2. The van der Waals surface area contributed by atoms with Crippen LogP contribution in [-0.4, -0.2) is 40.2 Å². The van der Waals surface area contributed by atoms with Gasteiger partial charge in [0.15, 0.2) is 18.1 Å². The predicted octanol–water partition coefficient (Wildman–Crippen LogP) is 1.00. The summed E-state index contributed by atoms with van der Waals surface area (Å²) in [5.74, 6) is -1.36. The minimum Gasteiger partial charge on any atom is -0.459 e. The molecule has 1 aromatic carbocycles. The average Bonchev–Trinajstić information content (AvgIpc) is 3.20. The Hall–Kier alpha value is -3.00. The zero-order chi connectivity index (χ0) is 18.0. The van der Waals surface area contributed by atoms with Crippen LogP contribution in [0.4, 0.5) is 0 Å². The maximum Gasteiger partial charge on any atom is 0.338 e. The molecule has 2 N–H and O–H groups in total. The Morgan fingerprint density at radius 2 is 2.12 bits per heavy atom. The number of rotatable bonds is 5. The highest BCUT2D eigenvalue weighted by Crippen LogP contribution is 2.25. The topological polar surface area (TPSA) is 114 Å². The first kappa shape index (κ1) is 16.8. The van der Waals surface area contributed by atoms with E-state index in [1.165, 1.54) is 16.9 Å². The van der Waals surface area contributed by atoms with Crippen LogP contribution in [0.3, 0.4) is 0 Å². The van der Waals surface area contributed by atoms with Gasteiger partial charge in [0, 0.05) is 6.20 Å². The number of esters is 1. The molecule has 8 heteroatoms. The standard InChI is InChI=1S/C17H17N3O5/c1-10-4-2-3-5-11(10)17(23)24-9-14-13(21)8-15(25-14)20-7-6-12(19-20)16(18)22/h2-7,14-15H,8-9H2,1H3,(H2,18,22)/t14-,15-/m1/s1. The molecule has 2 atom stereocenters. The van der Waals surface area contributed by atoms with E-state index in [1.807, 2.05) is 6.07 Å². The van der Waals surface area contributed by atoms with Gasteiger partial charge in [-0.15, -0.1) is 0 Å². The molecule has 130 valence electrons. The second-order valence-electron chi connectivity index (χ2n) is 5.71. The fourth-order valence-electron chi connectivity index (χ4n) is 2.57. The van der Waals surface area contributed by atoms with Gasteiger partial charge in [-0.2, -0.15) is 5.10 Å². The molecule has 1 saturated heterocycles. The van der Waals surface area contributed by atoms with Crippen LogP contribution in [0.25, 0.3) is 0 Å². The van der Waals surface area contributed by atoms with Gasteiger partial charge in [0.2, 0.25) is 0 Å². The summed E-state index contributed by atoms with van der Waals surface area (Å²) in [4.78, 5) is 35.2. The molecular weight excluding hydrogens is 326 g/mol. The van der Waals surface area contributed by atoms with Crippen molar-refractivity contribution in [2.45, 2.75) is 25.7 Å². The van der Waals surface area contributed by atoms with Crippen molar-refractivity contribution in [1.82, 2.24) is 9.78 Å². The Balaban J connectivity index is 1.60. The first-order valence-electron chi connectivity index (χ1n) is 7.71. The number of nitrogens with zero attached hydrogens (tertiary/aromatic N) is 2. The van der Waals surface area contributed by atoms with Crippen molar-refractivity contribution in [3.63, 3.8) is 0 Å². The SMILES string of the molecule is Cc1ccccc1C(=O)OC[C@H]1O[C@@H](n2ccc(C(N)=O)n2)CC1=O. The molecule has 2 aromatic rings. The summed E-state index contributed by atoms with van der Waals surface area (Å²) in [5.41, 5.74) is 6.48. The van der Waals surface area contributed by atoms with Crippen LogP contribution < -0.4 is 5.73 Å². The monoisotopic (exact) mass is 343 g/mol. The molecule has 1 amide bonds. The molecule has 2 heterocycles. The molecule has 1 aliphatic heterocycles. The van der Waals surface area contributed by atoms with Crippen LogP contribution in [0, 0.1) is 6.92 Å². The molecule has 1 aliphatic rings. The van der Waals surface area contributed by atoms with E-state index in [2.05, 4.69) is 5.10 Å². The average molecular weight is 343 g/mol. The van der Waals surface area contributed by atoms with E-state index in [0.717, 1.165) is 5.56 Å². The number of ketones is 1. The number of hydrogen-bond donors (Lipinski definition) is 1. The summed E-state index contributed by atoms with van der Waals surface area (Å²) >= 11 is 0. The smallest absolute Gasteiger partial charge is 0.338 e. The fourth-order valence-corrected chi connectivity index (χ4v) is 2.57. The van der Waals surface area contributed by atoms with Crippen molar-refractivity contribution in [2.24, 2.45) is 5.73 Å². The number of carbonyl (C=O) groups is 3. The molecule has 0 radical (unpaired) electrons. The van der Waals surface area contributed by atoms with Crippen LogP contribution in [0.2, 0.25) is 0 Å². The molecule has 3 rings (SSSR count). The van der Waals surface area contributed by atoms with Gasteiger partial charge in [-0.1, -0.05) is 18.2 Å². The van der Waals surface area contributed by atoms with Crippen molar-refractivity contribution < 1.29 is 23.9 Å². The summed E-state index contributed by atoms with van der Waals surface area (Å²) in [6, 6.07) is 8.47. The number of hydrogen-bond acceptors (Lipinski definition) is 6. The third-order valence-corrected chi connectivity index (χ3v) is 3.94. The van der Waals surface area contributed by atoms with Gasteiger partial charge in [0.1, 0.15) is 12.3 Å². The van der Waals surface area contributed by atoms with E-state index in [0.29, 0.717) is 5.56 Å². The summed E-state index contributed by atoms with van der Waals surface area (Å²) in [7, 11) is 0. The van der Waals surface area contributed by atoms with Gasteiger partial charge < -0.3 is 15.2 Å². The van der Waals surface area contributed by atoms with Gasteiger partial charge in [0.25, 0.3) is 5.91 Å². The zero-order valence-electron chi connectivity index (χ0n) is 13.5. The van der Waals surface area contributed by atoms with E-state index >= 15 is 0 Å². The molecule has 8 nitrogen and oxygen atoms in total. The molecule has 1 aromatic heterocycles. The van der Waals surface area contributed by atoms with Crippen molar-refractivity contribution in [2.75, 3.05) is 6.61 Å². The van der Waals surface area contributed by atoms with E-state index in [4.69, 9.17) is 15.2 Å². The van der Waals surface area contributed by atoms with E-state index in [-0.39, 0.29) is 24.5 Å². The fraction of sp³-hybridized carbons (Fsp3) is 0.294. The summed E-state index contributed by atoms with van der Waals surface area (Å²) in [6.07, 6.45) is 0.0774. The third-order valence-electron chi connectivity index (χ3n) is 3.94. The molecule has 0 spiro atoms. The number of nitrogens with two attached hydrogens (primary N) is 1. The van der Waals surface area contributed by atoms with Gasteiger partial charge in [0.05, 0.1) is 12.0 Å². The lowest BCUT2D eigenvalue weighted by Crippen LogP contribution is -2.25. The third kappa shape index (κ3) is 3.58. The Kier molecular flexibility index (Phi) is 4.62. The maximum atomic E-state index is 12.1. The Labute approximate surface area is 143 Å². The van der Waals surface area contributed by atoms with Crippen LogP contribution in [0.15, 0.2) is 36.5 Å². The van der Waals surface area contributed by atoms with Crippen molar-refractivity contribution in [3.05, 3.63) is 53.3 Å². The van der Waals surface area contributed by atoms with Crippen molar-refractivity contribution in [3.8, 4) is 0 Å². The number of aryl methyl sites for hydroxylation is 1. The lowest BCUT2D eigenvalue weighted by molar-refractivity contribution is -0.125. The Morgan fingerprint density at radius 1 is 1.36 bits per heavy atom. The van der Waals surface area contributed by atoms with E-state index in [1.54, 1.807) is 25.1 Å². The number of ether oxygens (including phenoxy) is 2. The van der Waals surface area contributed by atoms with Gasteiger partial charge in [-0.3, -0.25) is 9.59 Å². The molecule has 0 bridgehead atoms. The zero-order valence-corrected chi connectivity index (χ0v) is 13.5. The van der Waals surface area contributed by atoms with Crippen LogP contribution >= 0.6 is 0 Å². The molecule has 0 unspecified atom stereocenters. The van der Waals surface area contributed by atoms with Gasteiger partial charge >= 0.3 is 5.97 Å². The normalized spacial score (nSPS) is 19.8. The van der Waals surface area contributed by atoms with Crippen LogP contribution in [0.5, 0.6) is 0 Å². The summed E-state index contributed by atoms with van der Waals surface area (Å²) < 4.78 is 12.2. The number of carbonyl (C=O) groups excluding carboxylic acids is 3. The van der Waals surface area contributed by atoms with Gasteiger partial charge in [-0.05, 0) is 24.6 Å². The van der Waals surface area contributed by atoms with Crippen LogP contribution in [0.1, 0.15) is 39.1 Å². The first-order valence-corrected chi connectivity index (χ1v) is 7.71. The van der Waals surface area contributed by atoms with Crippen molar-refractivity contribution >= 4 is 17.7 Å². The highest BCUT2D eigenvalue weighted by molar-refractivity contribution is 5.92. The van der Waals surface area contributed by atoms with Crippen molar-refractivity contribution in [1.29, 1.82) is 0 Å². The number of Topliss-reactive ketones (excluding diaryl/α,β-unsaturated/α-hetero) is 1. The molecule has 25 heavy (non-hydrogen) atoms. The first-order chi connectivity index (χ1) is 12.0. The summed E-state index contributed by atoms with van der Waals surface area (Å²) in [5, 5.41) is 3.97. The van der Waals surface area contributed by atoms with Gasteiger partial charge in [-0.25, -0.2) is 9.48 Å². The Morgan fingerprint density at radius 3 is 2.80 bits per heavy atom. The van der Waals surface area contributed by atoms with E-state index < -0.39 is 24.2 Å². The number of amides is 1.